The van der Waals surface area contributed by atoms with Gasteiger partial charge in [-0.05, 0) is 47.1 Å². The Hall–Kier alpha value is -5.11. The van der Waals surface area contributed by atoms with Gasteiger partial charge >= 0.3 is 0 Å². The summed E-state index contributed by atoms with van der Waals surface area (Å²) in [6, 6.07) is 31.8. The van der Waals surface area contributed by atoms with Crippen molar-refractivity contribution >= 4 is 33.2 Å². The van der Waals surface area contributed by atoms with Crippen LogP contribution in [0.2, 0.25) is 0 Å². The summed E-state index contributed by atoms with van der Waals surface area (Å²) in [5.74, 6) is 0.930. The smallest absolute Gasteiger partial charge is 0.197 e. The fraction of sp³-hybridized carbons (Fsp3) is 0.175. The minimum absolute atomic E-state index is 0. The molecule has 0 spiro atoms. The van der Waals surface area contributed by atoms with E-state index < -0.39 is 6.85 Å². The van der Waals surface area contributed by atoms with E-state index in [0.29, 0.717) is 40.2 Å². The van der Waals surface area contributed by atoms with Gasteiger partial charge in [0.1, 0.15) is 11.9 Å². The van der Waals surface area contributed by atoms with Crippen LogP contribution in [0.5, 0.6) is 0 Å². The van der Waals surface area contributed by atoms with Gasteiger partial charge < -0.3 is 14.0 Å². The molecular weight excluding hydrogens is 792 g/mol. The summed E-state index contributed by atoms with van der Waals surface area (Å²) in [6.45, 7) is 6.67. The molecule has 0 aliphatic carbocycles. The molecule has 0 saturated carbocycles. The Balaban J connectivity index is 0.000000218. The second-order valence-electron chi connectivity index (χ2n) is 12.0. The zero-order valence-electron chi connectivity index (χ0n) is 30.2. The molecular formula is C40H33FIrN6O-2. The number of rotatable bonds is 5. The van der Waals surface area contributed by atoms with E-state index in [-0.39, 0.29) is 31.5 Å². The normalized spacial score (nSPS) is 12.4. The first kappa shape index (κ1) is 30.0. The van der Waals surface area contributed by atoms with E-state index in [0.717, 1.165) is 33.2 Å². The van der Waals surface area contributed by atoms with Crippen molar-refractivity contribution in [3.63, 3.8) is 0 Å². The number of fused-ring (bicyclic) bond motifs is 4. The van der Waals surface area contributed by atoms with Crippen LogP contribution in [0.15, 0.2) is 102 Å². The van der Waals surface area contributed by atoms with Gasteiger partial charge in [0.25, 0.3) is 0 Å². The third kappa shape index (κ3) is 6.52. The Labute approximate surface area is 301 Å². The van der Waals surface area contributed by atoms with Crippen LogP contribution < -0.4 is 0 Å². The molecule has 0 fully saturated rings. The van der Waals surface area contributed by atoms with Gasteiger partial charge in [0, 0.05) is 47.3 Å². The fourth-order valence-electron chi connectivity index (χ4n) is 5.86. The van der Waals surface area contributed by atoms with Crippen molar-refractivity contribution < 1.29 is 33.0 Å². The number of hydrogen-bond acceptors (Lipinski definition) is 6. The third-order valence-electron chi connectivity index (χ3n) is 8.16. The van der Waals surface area contributed by atoms with Crippen molar-refractivity contribution in [2.45, 2.75) is 46.4 Å². The summed E-state index contributed by atoms with van der Waals surface area (Å²) in [7, 11) is 0. The topological polar surface area (TPSA) is 82.5 Å². The van der Waals surface area contributed by atoms with Gasteiger partial charge in [0.15, 0.2) is 11.3 Å². The maximum atomic E-state index is 12.7. The van der Waals surface area contributed by atoms with Crippen molar-refractivity contribution in [3.05, 3.63) is 132 Å². The number of halogens is 1. The first-order valence-electron chi connectivity index (χ1n) is 17.2. The molecule has 0 saturated heterocycles. The fourth-order valence-corrected chi connectivity index (χ4v) is 5.86. The van der Waals surface area contributed by atoms with Crippen LogP contribution in [0.1, 0.15) is 60.3 Å². The van der Waals surface area contributed by atoms with E-state index in [4.69, 9.17) is 13.5 Å². The van der Waals surface area contributed by atoms with E-state index in [1.165, 1.54) is 41.9 Å². The van der Waals surface area contributed by atoms with Gasteiger partial charge in [0.2, 0.25) is 0 Å². The molecule has 49 heavy (non-hydrogen) atoms. The quantitative estimate of drug-likeness (QED) is 0.161. The zero-order valence-corrected chi connectivity index (χ0v) is 29.6. The van der Waals surface area contributed by atoms with Crippen LogP contribution >= 0.6 is 0 Å². The zero-order chi connectivity index (χ0) is 35.9. The summed E-state index contributed by atoms with van der Waals surface area (Å²) < 4.78 is 42.8. The molecule has 8 aromatic rings. The summed E-state index contributed by atoms with van der Waals surface area (Å²) in [5.41, 5.74) is 8.42. The molecule has 247 valence electrons. The maximum absolute atomic E-state index is 12.7. The van der Waals surface area contributed by atoms with Crippen molar-refractivity contribution in [2.75, 3.05) is 0 Å². The maximum Gasteiger partial charge on any atom is 0.197 e. The van der Waals surface area contributed by atoms with E-state index >= 15 is 0 Å². The van der Waals surface area contributed by atoms with E-state index in [2.05, 4.69) is 88.8 Å². The Bertz CT molecular complexity index is 2470. The number of furan rings is 1. The van der Waals surface area contributed by atoms with Crippen molar-refractivity contribution in [3.8, 4) is 28.3 Å². The molecule has 7 nitrogen and oxygen atoms in total. The van der Waals surface area contributed by atoms with Gasteiger partial charge in [-0.25, -0.2) is 4.98 Å². The summed E-state index contributed by atoms with van der Waals surface area (Å²) in [4.78, 5) is 13.4. The summed E-state index contributed by atoms with van der Waals surface area (Å²) in [5, 5.41) is 10.7. The number of hydrogen-bond donors (Lipinski definition) is 0. The first-order chi connectivity index (χ1) is 24.5. The van der Waals surface area contributed by atoms with Crippen molar-refractivity contribution in [1.82, 2.24) is 29.7 Å². The van der Waals surface area contributed by atoms with E-state index in [1.54, 1.807) is 12.1 Å². The molecule has 0 atom stereocenters. The van der Waals surface area contributed by atoms with Crippen LogP contribution in [-0.4, -0.2) is 29.7 Å². The first-order valence-corrected chi connectivity index (χ1v) is 15.7. The predicted octanol–water partition coefficient (Wildman–Crippen LogP) is 9.82. The summed E-state index contributed by atoms with van der Waals surface area (Å²) in [6.07, 6.45) is 2.74. The molecule has 1 radical (unpaired) electrons. The summed E-state index contributed by atoms with van der Waals surface area (Å²) >= 11 is 0. The number of imidazole rings is 1. The molecule has 4 aromatic heterocycles. The molecule has 0 amide bonds. The molecule has 8 rings (SSSR count). The van der Waals surface area contributed by atoms with Crippen molar-refractivity contribution in [1.29, 1.82) is 0 Å². The standard InChI is InChI=1S/C28H24N5O.C12H9FN.Ir/c1-16(2)18-10-7-11-19(17(3)4)24(18)33-27(31-26-28(33)32-30-15-29-26)22-13-8-12-21-20-9-5-6-14-23(20)34-25(21)22;1-9-2-7-12(14-8-9)10-3-5-11(13)6-4-10;/h5-12,14-17H,1-4H3;2-3,5-8H,1H3;/q2*-1;/i;1D3;. The number of pyridine rings is 1. The van der Waals surface area contributed by atoms with Gasteiger partial charge in [-0.2, -0.15) is 0 Å². The molecule has 0 bridgehead atoms. The number of nitrogens with zero attached hydrogens (tertiary/aromatic N) is 6. The average molecular weight is 828 g/mol. The molecule has 4 aromatic carbocycles. The van der Waals surface area contributed by atoms with Gasteiger partial charge in [0.05, 0.1) is 11.4 Å². The van der Waals surface area contributed by atoms with Crippen LogP contribution in [0, 0.1) is 24.8 Å². The minimum atomic E-state index is -2.15. The Morgan fingerprint density at radius 1 is 0.857 bits per heavy atom. The average Bonchev–Trinajstić information content (AvgIpc) is 3.70. The molecule has 0 unspecified atom stereocenters. The van der Waals surface area contributed by atoms with Crippen LogP contribution in [0.4, 0.5) is 4.39 Å². The molecule has 0 N–H and O–H groups in total. The van der Waals surface area contributed by atoms with Gasteiger partial charge in [-0.1, -0.05) is 87.2 Å². The Kier molecular flexibility index (Phi) is 8.67. The predicted molar refractivity (Wildman–Crippen MR) is 187 cm³/mol. The van der Waals surface area contributed by atoms with E-state index in [9.17, 15) is 4.39 Å². The van der Waals surface area contributed by atoms with E-state index in [1.807, 2.05) is 30.3 Å². The largest absolute Gasteiger partial charge is 0.501 e. The Morgan fingerprint density at radius 3 is 2.35 bits per heavy atom. The molecule has 4 heterocycles. The van der Waals surface area contributed by atoms with Gasteiger partial charge in [-0.15, -0.1) is 58.2 Å². The Morgan fingerprint density at radius 2 is 1.65 bits per heavy atom. The second kappa shape index (κ2) is 14.2. The van der Waals surface area contributed by atoms with Crippen molar-refractivity contribution in [2.24, 2.45) is 0 Å². The monoisotopic (exact) mass is 828 g/mol. The second-order valence-corrected chi connectivity index (χ2v) is 12.0. The number of aromatic nitrogens is 6. The molecule has 9 heteroatoms. The number of para-hydroxylation sites is 2. The van der Waals surface area contributed by atoms with Gasteiger partial charge in [-0.3, -0.25) is 9.37 Å². The van der Waals surface area contributed by atoms with Crippen LogP contribution in [-0.2, 0) is 20.1 Å². The number of aryl methyl sites for hydroxylation is 1. The minimum Gasteiger partial charge on any atom is -0.501 e. The van der Waals surface area contributed by atoms with Crippen LogP contribution in [0.25, 0.3) is 61.6 Å². The number of benzene rings is 4. The molecule has 0 aliphatic rings. The molecule has 0 aliphatic heterocycles. The van der Waals surface area contributed by atoms with Crippen LogP contribution in [0.3, 0.4) is 0 Å². The SMILES string of the molecule is CC(C)c1cccc(C(C)C)c1-n1c(-c2[c-]ccc3c2oc2ccccc23)nc2ncnnc21.[2H]C([2H])([2H])c1ccc(-c2[c-]cc(F)cc2)nc1.[Ir]. The third-order valence-corrected chi connectivity index (χ3v) is 8.16.